The highest BCUT2D eigenvalue weighted by Gasteiger charge is 2.04. The first-order valence-electron chi connectivity index (χ1n) is 4.78. The molecule has 0 aliphatic rings. The zero-order valence-electron chi connectivity index (χ0n) is 8.84. The van der Waals surface area contributed by atoms with Crippen molar-refractivity contribution in [3.8, 4) is 0 Å². The van der Waals surface area contributed by atoms with Gasteiger partial charge in [0.2, 0.25) is 5.95 Å². The second-order valence-corrected chi connectivity index (χ2v) is 4.42. The van der Waals surface area contributed by atoms with E-state index in [-0.39, 0.29) is 5.95 Å². The monoisotopic (exact) mass is 232 g/mol. The first-order chi connectivity index (χ1) is 7.65. The van der Waals surface area contributed by atoms with Crippen LogP contribution in [0.15, 0.2) is 40.3 Å². The van der Waals surface area contributed by atoms with Gasteiger partial charge in [0.1, 0.15) is 10.8 Å². The van der Waals surface area contributed by atoms with E-state index in [0.29, 0.717) is 5.82 Å². The van der Waals surface area contributed by atoms with Crippen LogP contribution in [0.3, 0.4) is 0 Å². The molecular formula is C11H12N4S. The molecule has 0 fully saturated rings. The predicted molar refractivity (Wildman–Crippen MR) is 66.2 cm³/mol. The number of hydrogen-bond donors (Lipinski definition) is 2. The van der Waals surface area contributed by atoms with Gasteiger partial charge < -0.3 is 11.5 Å². The van der Waals surface area contributed by atoms with Gasteiger partial charge in [0.05, 0.1) is 0 Å². The van der Waals surface area contributed by atoms with Crippen LogP contribution >= 0.6 is 11.8 Å². The van der Waals surface area contributed by atoms with Crippen LogP contribution in [0.1, 0.15) is 5.56 Å². The molecule has 0 saturated carbocycles. The molecule has 0 saturated heterocycles. The Kier molecular flexibility index (Phi) is 2.96. The molecule has 4 nitrogen and oxygen atoms in total. The number of aromatic nitrogens is 2. The van der Waals surface area contributed by atoms with Gasteiger partial charge in [-0.15, -0.1) is 0 Å². The minimum atomic E-state index is 0.205. The zero-order chi connectivity index (χ0) is 11.5. The molecule has 1 aromatic heterocycles. The molecule has 0 atom stereocenters. The molecule has 0 amide bonds. The molecule has 82 valence electrons. The van der Waals surface area contributed by atoms with Gasteiger partial charge in [0.15, 0.2) is 0 Å². The summed E-state index contributed by atoms with van der Waals surface area (Å²) in [5.74, 6) is 0.597. The van der Waals surface area contributed by atoms with Gasteiger partial charge in [-0.25, -0.2) is 4.98 Å². The Morgan fingerprint density at radius 3 is 2.56 bits per heavy atom. The number of benzene rings is 1. The molecule has 2 aromatic rings. The fourth-order valence-electron chi connectivity index (χ4n) is 1.30. The van der Waals surface area contributed by atoms with E-state index in [1.165, 1.54) is 17.3 Å². The lowest BCUT2D eigenvalue weighted by Crippen LogP contribution is -1.99. The Labute approximate surface area is 98.1 Å². The van der Waals surface area contributed by atoms with Gasteiger partial charge in [-0.3, -0.25) is 0 Å². The van der Waals surface area contributed by atoms with E-state index in [2.05, 4.69) is 23.0 Å². The number of aryl methyl sites for hydroxylation is 1. The average Bonchev–Trinajstić information content (AvgIpc) is 2.20. The molecular weight excluding hydrogens is 220 g/mol. The van der Waals surface area contributed by atoms with Gasteiger partial charge >= 0.3 is 0 Å². The number of nitrogen functional groups attached to an aromatic ring is 2. The summed E-state index contributed by atoms with van der Waals surface area (Å²) in [7, 11) is 0. The summed E-state index contributed by atoms with van der Waals surface area (Å²) < 4.78 is 0. The van der Waals surface area contributed by atoms with Gasteiger partial charge in [-0.1, -0.05) is 30.0 Å². The third-order valence-corrected chi connectivity index (χ3v) is 3.14. The standard InChI is InChI=1S/C11H12N4S/c1-7-4-2-3-5-8(7)16-10-6-9(12)14-11(13)15-10/h2-6H,1H3,(H4,12,13,14,15). The van der Waals surface area contributed by atoms with E-state index in [1.807, 2.05) is 18.2 Å². The lowest BCUT2D eigenvalue weighted by Gasteiger charge is -2.05. The summed E-state index contributed by atoms with van der Waals surface area (Å²) in [6.07, 6.45) is 0. The quantitative estimate of drug-likeness (QED) is 0.775. The van der Waals surface area contributed by atoms with Crippen molar-refractivity contribution in [1.82, 2.24) is 9.97 Å². The fourth-order valence-corrected chi connectivity index (χ4v) is 2.22. The van der Waals surface area contributed by atoms with E-state index in [4.69, 9.17) is 11.5 Å². The summed E-state index contributed by atoms with van der Waals surface area (Å²) in [4.78, 5) is 9.09. The van der Waals surface area contributed by atoms with Crippen LogP contribution < -0.4 is 11.5 Å². The maximum atomic E-state index is 5.61. The number of nitrogens with zero attached hydrogens (tertiary/aromatic N) is 2. The average molecular weight is 232 g/mol. The molecule has 0 radical (unpaired) electrons. The van der Waals surface area contributed by atoms with Crippen molar-refractivity contribution in [1.29, 1.82) is 0 Å². The van der Waals surface area contributed by atoms with Crippen molar-refractivity contribution >= 4 is 23.5 Å². The number of rotatable bonds is 2. The van der Waals surface area contributed by atoms with Crippen LogP contribution in [0.4, 0.5) is 11.8 Å². The van der Waals surface area contributed by atoms with E-state index in [9.17, 15) is 0 Å². The summed E-state index contributed by atoms with van der Waals surface area (Å²) in [6.45, 7) is 2.05. The molecule has 16 heavy (non-hydrogen) atoms. The Morgan fingerprint density at radius 2 is 1.88 bits per heavy atom. The molecule has 5 heteroatoms. The highest BCUT2D eigenvalue weighted by Crippen LogP contribution is 2.29. The fraction of sp³-hybridized carbons (Fsp3) is 0.0909. The molecule has 4 N–H and O–H groups in total. The largest absolute Gasteiger partial charge is 0.383 e. The molecule has 0 spiro atoms. The van der Waals surface area contributed by atoms with Crippen LogP contribution in [0.5, 0.6) is 0 Å². The summed E-state index contributed by atoms with van der Waals surface area (Å²) in [5, 5.41) is 0.763. The highest BCUT2D eigenvalue weighted by molar-refractivity contribution is 7.99. The topological polar surface area (TPSA) is 77.8 Å². The molecule has 1 heterocycles. The number of anilines is 2. The van der Waals surface area contributed by atoms with Crippen LogP contribution in [0, 0.1) is 6.92 Å². The first kappa shape index (κ1) is 10.8. The minimum Gasteiger partial charge on any atom is -0.383 e. The van der Waals surface area contributed by atoms with Crippen LogP contribution in [0.2, 0.25) is 0 Å². The molecule has 0 aliphatic carbocycles. The van der Waals surface area contributed by atoms with Gasteiger partial charge in [-0.2, -0.15) is 4.98 Å². The summed E-state index contributed by atoms with van der Waals surface area (Å²) in [6, 6.07) is 9.80. The van der Waals surface area contributed by atoms with E-state index >= 15 is 0 Å². The molecule has 0 aliphatic heterocycles. The second-order valence-electron chi connectivity index (χ2n) is 3.36. The zero-order valence-corrected chi connectivity index (χ0v) is 9.66. The smallest absolute Gasteiger partial charge is 0.223 e. The normalized spacial score (nSPS) is 10.3. The summed E-state index contributed by atoms with van der Waals surface area (Å²) in [5.41, 5.74) is 12.3. The van der Waals surface area contributed by atoms with Crippen molar-refractivity contribution < 1.29 is 0 Å². The van der Waals surface area contributed by atoms with Crippen molar-refractivity contribution in [2.75, 3.05) is 11.5 Å². The molecule has 1 aromatic carbocycles. The van der Waals surface area contributed by atoms with Crippen LogP contribution in [-0.4, -0.2) is 9.97 Å². The molecule has 0 bridgehead atoms. The lowest BCUT2D eigenvalue weighted by molar-refractivity contribution is 1.07. The Bertz CT molecular complexity index is 493. The Hall–Kier alpha value is -1.75. The van der Waals surface area contributed by atoms with Crippen LogP contribution in [-0.2, 0) is 0 Å². The van der Waals surface area contributed by atoms with Gasteiger partial charge in [0.25, 0.3) is 0 Å². The van der Waals surface area contributed by atoms with Crippen molar-refractivity contribution in [3.63, 3.8) is 0 Å². The van der Waals surface area contributed by atoms with Crippen molar-refractivity contribution in [3.05, 3.63) is 35.9 Å². The van der Waals surface area contributed by atoms with Crippen molar-refractivity contribution in [2.45, 2.75) is 16.8 Å². The van der Waals surface area contributed by atoms with Gasteiger partial charge in [0, 0.05) is 11.0 Å². The SMILES string of the molecule is Cc1ccccc1Sc1cc(N)nc(N)n1. The highest BCUT2D eigenvalue weighted by atomic mass is 32.2. The summed E-state index contributed by atoms with van der Waals surface area (Å²) >= 11 is 1.53. The van der Waals surface area contributed by atoms with E-state index < -0.39 is 0 Å². The molecule has 0 unspecified atom stereocenters. The van der Waals surface area contributed by atoms with E-state index in [0.717, 1.165) is 9.92 Å². The maximum absolute atomic E-state index is 5.61. The first-order valence-corrected chi connectivity index (χ1v) is 5.60. The predicted octanol–water partition coefficient (Wildman–Crippen LogP) is 2.10. The van der Waals surface area contributed by atoms with E-state index in [1.54, 1.807) is 6.07 Å². The lowest BCUT2D eigenvalue weighted by atomic mass is 10.2. The Balaban J connectivity index is 2.30. The third kappa shape index (κ3) is 2.43. The van der Waals surface area contributed by atoms with Crippen LogP contribution in [0.25, 0.3) is 0 Å². The minimum absolute atomic E-state index is 0.205. The number of hydrogen-bond acceptors (Lipinski definition) is 5. The van der Waals surface area contributed by atoms with Crippen molar-refractivity contribution in [2.24, 2.45) is 0 Å². The second kappa shape index (κ2) is 4.40. The van der Waals surface area contributed by atoms with Gasteiger partial charge in [-0.05, 0) is 18.6 Å². The number of nitrogens with two attached hydrogens (primary N) is 2. The molecule has 2 rings (SSSR count). The third-order valence-electron chi connectivity index (χ3n) is 2.05. The Morgan fingerprint density at radius 1 is 1.12 bits per heavy atom. The maximum Gasteiger partial charge on any atom is 0.223 e.